The third kappa shape index (κ3) is 7.53. The van der Waals surface area contributed by atoms with Crippen molar-refractivity contribution in [3.8, 4) is 5.75 Å². The summed E-state index contributed by atoms with van der Waals surface area (Å²) in [6, 6.07) is 16.1. The highest BCUT2D eigenvalue weighted by Gasteiger charge is 2.18. The Bertz CT molecular complexity index is 626. The van der Waals surface area contributed by atoms with Crippen LogP contribution >= 0.6 is 17.1 Å². The summed E-state index contributed by atoms with van der Waals surface area (Å²) in [4.78, 5) is 11.5. The van der Waals surface area contributed by atoms with E-state index in [-0.39, 0.29) is 0 Å². The molecular weight excluding hydrogens is 367 g/mol. The van der Waals surface area contributed by atoms with E-state index >= 15 is 0 Å². The van der Waals surface area contributed by atoms with Crippen molar-refractivity contribution in [2.45, 2.75) is 57.3 Å². The lowest BCUT2D eigenvalue weighted by Gasteiger charge is -2.16. The lowest BCUT2D eigenvalue weighted by atomic mass is 10.1. The van der Waals surface area contributed by atoms with Gasteiger partial charge < -0.3 is 9.42 Å². The molecule has 1 unspecified atom stereocenters. The second kappa shape index (κ2) is 10.4. The van der Waals surface area contributed by atoms with Crippen LogP contribution in [-0.2, 0) is 24.6 Å². The number of unbranched alkanes of at least 4 members (excludes halogenated alkanes) is 2. The summed E-state index contributed by atoms with van der Waals surface area (Å²) in [5.41, 5.74) is -0.351. The minimum Gasteiger partial charge on any atom is -0.436 e. The molecule has 0 aliphatic heterocycles. The van der Waals surface area contributed by atoms with E-state index in [0.717, 1.165) is 17.7 Å². The first-order valence-corrected chi connectivity index (χ1v) is 13.0. The van der Waals surface area contributed by atoms with E-state index in [1.807, 2.05) is 36.4 Å². The van der Waals surface area contributed by atoms with Gasteiger partial charge in [0.15, 0.2) is 0 Å². The van der Waals surface area contributed by atoms with Gasteiger partial charge in [-0.15, -0.1) is 0 Å². The average Bonchev–Trinajstić information content (AvgIpc) is 2.60. The molecule has 2 nitrogen and oxygen atoms in total. The zero-order valence-electron chi connectivity index (χ0n) is 15.0. The van der Waals surface area contributed by atoms with Crippen LogP contribution in [0.15, 0.2) is 53.4 Å². The van der Waals surface area contributed by atoms with Gasteiger partial charge in [0.1, 0.15) is 5.75 Å². The maximum Gasteiger partial charge on any atom is 0.299 e. The van der Waals surface area contributed by atoms with Crippen molar-refractivity contribution in [1.29, 1.82) is 0 Å². The zero-order valence-corrected chi connectivity index (χ0v) is 17.5. The standard InChI is InChI=1S/C20H27O2PS2/c1-3-5-7-17-9-13-19(14-10-17)22-23(21,24)25-20-15-11-18(12-16-20)8-6-4-2/h9-16H,3-8H2,1-2H3,(H,21,24). The minimum atomic E-state index is -2.96. The molecule has 0 aromatic heterocycles. The summed E-state index contributed by atoms with van der Waals surface area (Å²) in [6.45, 7) is 4.38. The van der Waals surface area contributed by atoms with Gasteiger partial charge in [-0.25, -0.2) is 0 Å². The molecule has 0 saturated carbocycles. The fourth-order valence-corrected chi connectivity index (χ4v) is 6.00. The van der Waals surface area contributed by atoms with E-state index in [1.165, 1.54) is 48.2 Å². The van der Waals surface area contributed by atoms with E-state index in [0.29, 0.717) is 5.75 Å². The minimum absolute atomic E-state index is 0.637. The van der Waals surface area contributed by atoms with Gasteiger partial charge in [0, 0.05) is 4.90 Å². The third-order valence-corrected chi connectivity index (χ3v) is 7.52. The molecule has 0 amide bonds. The summed E-state index contributed by atoms with van der Waals surface area (Å²) in [5.74, 6) is 0.637. The van der Waals surface area contributed by atoms with Gasteiger partial charge in [-0.1, -0.05) is 51.0 Å². The van der Waals surface area contributed by atoms with Crippen molar-refractivity contribution in [3.63, 3.8) is 0 Å². The molecule has 0 radical (unpaired) electrons. The summed E-state index contributed by atoms with van der Waals surface area (Å²) in [6.07, 6.45) is 6.92. The van der Waals surface area contributed by atoms with Gasteiger partial charge in [-0.3, -0.25) is 0 Å². The van der Waals surface area contributed by atoms with E-state index in [9.17, 15) is 4.89 Å². The van der Waals surface area contributed by atoms with Gasteiger partial charge >= 0.3 is 0 Å². The maximum atomic E-state index is 10.5. The largest absolute Gasteiger partial charge is 0.436 e. The van der Waals surface area contributed by atoms with Crippen LogP contribution in [0.2, 0.25) is 0 Å². The Kier molecular flexibility index (Phi) is 8.51. The zero-order chi connectivity index (χ0) is 18.1. The second-order valence-electron chi connectivity index (χ2n) is 6.15. The highest BCUT2D eigenvalue weighted by molar-refractivity contribution is 8.67. The first kappa shape index (κ1) is 20.5. The summed E-state index contributed by atoms with van der Waals surface area (Å²) < 4.78 is 5.70. The molecule has 136 valence electrons. The predicted molar refractivity (Wildman–Crippen MR) is 113 cm³/mol. The van der Waals surface area contributed by atoms with Gasteiger partial charge in [-0.2, -0.15) is 0 Å². The molecule has 5 heteroatoms. The van der Waals surface area contributed by atoms with Gasteiger partial charge in [0.05, 0.1) is 0 Å². The molecule has 0 fully saturated rings. The van der Waals surface area contributed by atoms with E-state index < -0.39 is 5.69 Å². The molecule has 1 atom stereocenters. The smallest absolute Gasteiger partial charge is 0.299 e. The van der Waals surface area contributed by atoms with Gasteiger partial charge in [-0.05, 0) is 84.3 Å². The number of rotatable bonds is 10. The molecule has 0 saturated heterocycles. The lowest BCUT2D eigenvalue weighted by molar-refractivity contribution is 0.504. The van der Waals surface area contributed by atoms with Crippen LogP contribution in [0, 0.1) is 0 Å². The molecule has 0 spiro atoms. The van der Waals surface area contributed by atoms with Crippen LogP contribution in [0.5, 0.6) is 5.75 Å². The Hall–Kier alpha value is -0.800. The monoisotopic (exact) mass is 394 g/mol. The van der Waals surface area contributed by atoms with Crippen molar-refractivity contribution >= 4 is 28.9 Å². The van der Waals surface area contributed by atoms with Crippen LogP contribution in [0.1, 0.15) is 50.7 Å². The molecule has 2 aromatic rings. The predicted octanol–water partition coefficient (Wildman–Crippen LogP) is 6.76. The Morgan fingerprint density at radius 3 is 1.84 bits per heavy atom. The van der Waals surface area contributed by atoms with Crippen molar-refractivity contribution < 1.29 is 9.42 Å². The molecule has 0 aliphatic rings. The Morgan fingerprint density at radius 1 is 0.880 bits per heavy atom. The highest BCUT2D eigenvalue weighted by Crippen LogP contribution is 2.59. The van der Waals surface area contributed by atoms with Crippen LogP contribution in [0.4, 0.5) is 0 Å². The lowest BCUT2D eigenvalue weighted by Crippen LogP contribution is -1.90. The molecular formula is C20H27O2PS2. The fraction of sp³-hybridized carbons (Fsp3) is 0.400. The SMILES string of the molecule is CCCCc1ccc(OP(O)(=S)Sc2ccc(CCCC)cc2)cc1. The van der Waals surface area contributed by atoms with E-state index in [4.69, 9.17) is 16.3 Å². The van der Waals surface area contributed by atoms with Crippen molar-refractivity contribution in [1.82, 2.24) is 0 Å². The van der Waals surface area contributed by atoms with E-state index in [1.54, 1.807) is 0 Å². The average molecular weight is 395 g/mol. The molecule has 2 aromatic carbocycles. The summed E-state index contributed by atoms with van der Waals surface area (Å²) in [5, 5.41) is 0. The van der Waals surface area contributed by atoms with Crippen LogP contribution in [0.3, 0.4) is 0 Å². The number of aryl methyl sites for hydroxylation is 2. The number of hydrogen-bond donors (Lipinski definition) is 1. The quantitative estimate of drug-likeness (QED) is 0.451. The normalized spacial score (nSPS) is 13.4. The summed E-state index contributed by atoms with van der Waals surface area (Å²) >= 11 is 6.57. The molecule has 0 aliphatic carbocycles. The van der Waals surface area contributed by atoms with Crippen LogP contribution < -0.4 is 4.52 Å². The Labute approximate surface area is 160 Å². The Morgan fingerprint density at radius 2 is 1.36 bits per heavy atom. The number of benzene rings is 2. The van der Waals surface area contributed by atoms with E-state index in [2.05, 4.69) is 26.0 Å². The topological polar surface area (TPSA) is 29.5 Å². The first-order chi connectivity index (χ1) is 12.0. The second-order valence-corrected chi connectivity index (χ2v) is 12.1. The maximum absolute atomic E-state index is 10.5. The Balaban J connectivity index is 1.93. The summed E-state index contributed by atoms with van der Waals surface area (Å²) in [7, 11) is 0. The molecule has 2 rings (SSSR count). The molecule has 0 bridgehead atoms. The van der Waals surface area contributed by atoms with Crippen LogP contribution in [-0.4, -0.2) is 4.89 Å². The molecule has 0 heterocycles. The van der Waals surface area contributed by atoms with Crippen LogP contribution in [0.25, 0.3) is 0 Å². The molecule has 25 heavy (non-hydrogen) atoms. The first-order valence-electron chi connectivity index (χ1n) is 8.92. The third-order valence-electron chi connectivity index (χ3n) is 3.93. The molecule has 1 N–H and O–H groups in total. The van der Waals surface area contributed by atoms with Gasteiger partial charge in [0.25, 0.3) is 5.69 Å². The van der Waals surface area contributed by atoms with Crippen molar-refractivity contribution in [2.75, 3.05) is 0 Å². The van der Waals surface area contributed by atoms with Crippen molar-refractivity contribution in [2.24, 2.45) is 0 Å². The number of hydrogen-bond acceptors (Lipinski definition) is 3. The van der Waals surface area contributed by atoms with Crippen molar-refractivity contribution in [3.05, 3.63) is 59.7 Å². The van der Waals surface area contributed by atoms with Gasteiger partial charge in [0.2, 0.25) is 0 Å². The highest BCUT2D eigenvalue weighted by atomic mass is 32.9. The fourth-order valence-electron chi connectivity index (χ4n) is 2.48.